The minimum Gasteiger partial charge on any atom is -0.455 e. The highest BCUT2D eigenvalue weighted by Crippen LogP contribution is 2.53. The highest BCUT2D eigenvalue weighted by molar-refractivity contribution is 6.16. The van der Waals surface area contributed by atoms with Crippen LogP contribution in [-0.2, 0) is 26.3 Å². The first kappa shape index (κ1) is 27.8. The van der Waals surface area contributed by atoms with E-state index in [0.717, 1.165) is 30.8 Å². The van der Waals surface area contributed by atoms with Gasteiger partial charge in [0.1, 0.15) is 18.5 Å². The summed E-state index contributed by atoms with van der Waals surface area (Å²) in [4.78, 5) is 0. The SMILES string of the molecule is Cc1c2c(c(CC(C)(C)C)c3ccc(CC(C)C)cc13)Oc1cc3ccc(CC(C)(C)C)cc3c3cc[n+](C)c-2c13. The summed E-state index contributed by atoms with van der Waals surface area (Å²) >= 11 is 0. The Morgan fingerprint density at radius 1 is 0.756 bits per heavy atom. The summed E-state index contributed by atoms with van der Waals surface area (Å²) in [5.74, 6) is 2.64. The van der Waals surface area contributed by atoms with Gasteiger partial charge in [-0.05, 0) is 87.2 Å². The van der Waals surface area contributed by atoms with E-state index in [9.17, 15) is 0 Å². The van der Waals surface area contributed by atoms with Crippen molar-refractivity contribution in [2.24, 2.45) is 23.8 Å². The number of aromatic nitrogens is 1. The Bertz CT molecular complexity index is 1840. The lowest BCUT2D eigenvalue weighted by atomic mass is 9.81. The van der Waals surface area contributed by atoms with E-state index in [1.165, 1.54) is 65.8 Å². The maximum Gasteiger partial charge on any atom is 0.228 e. The van der Waals surface area contributed by atoms with Gasteiger partial charge in [0.2, 0.25) is 5.69 Å². The molecule has 2 nitrogen and oxygen atoms in total. The Labute approximate surface area is 246 Å². The molecular weight excluding hydrogens is 498 g/mol. The lowest BCUT2D eigenvalue weighted by molar-refractivity contribution is -0.659. The molecule has 2 heterocycles. The van der Waals surface area contributed by atoms with E-state index in [4.69, 9.17) is 4.74 Å². The molecule has 0 aliphatic carbocycles. The van der Waals surface area contributed by atoms with Gasteiger partial charge < -0.3 is 4.74 Å². The zero-order valence-electron chi connectivity index (χ0n) is 26.8. The van der Waals surface area contributed by atoms with Gasteiger partial charge in [-0.3, -0.25) is 0 Å². The number of benzene rings is 4. The summed E-state index contributed by atoms with van der Waals surface area (Å²) in [6.45, 7) is 20.8. The minimum absolute atomic E-state index is 0.122. The Balaban J connectivity index is 1.70. The first-order valence-corrected chi connectivity index (χ1v) is 15.3. The van der Waals surface area contributed by atoms with E-state index in [0.29, 0.717) is 5.92 Å². The van der Waals surface area contributed by atoms with Crippen molar-refractivity contribution >= 4 is 32.3 Å². The number of hydrogen-bond acceptors (Lipinski definition) is 1. The lowest BCUT2D eigenvalue weighted by Crippen LogP contribution is -2.32. The predicted octanol–water partition coefficient (Wildman–Crippen LogP) is 10.4. The number of rotatable bonds is 4. The van der Waals surface area contributed by atoms with Crippen LogP contribution in [-0.4, -0.2) is 0 Å². The van der Waals surface area contributed by atoms with Gasteiger partial charge in [-0.2, -0.15) is 0 Å². The molecule has 1 aromatic heterocycles. The number of hydrogen-bond donors (Lipinski definition) is 0. The van der Waals surface area contributed by atoms with E-state index >= 15 is 0 Å². The molecular formula is C39H46NO+. The van der Waals surface area contributed by atoms with Crippen molar-refractivity contribution in [3.63, 3.8) is 0 Å². The summed E-state index contributed by atoms with van der Waals surface area (Å²) in [7, 11) is 2.19. The van der Waals surface area contributed by atoms with E-state index < -0.39 is 0 Å². The second-order valence-electron chi connectivity index (χ2n) is 15.4. The first-order valence-electron chi connectivity index (χ1n) is 15.3. The maximum atomic E-state index is 7.07. The largest absolute Gasteiger partial charge is 0.455 e. The molecule has 0 amide bonds. The zero-order valence-corrected chi connectivity index (χ0v) is 26.8. The molecule has 5 aromatic rings. The van der Waals surface area contributed by atoms with Crippen LogP contribution in [0.4, 0.5) is 0 Å². The minimum atomic E-state index is 0.122. The zero-order chi connectivity index (χ0) is 29.4. The van der Waals surface area contributed by atoms with Crippen LogP contribution < -0.4 is 9.30 Å². The summed E-state index contributed by atoms with van der Waals surface area (Å²) in [5.41, 5.74) is 8.33. The third kappa shape index (κ3) is 5.00. The molecule has 0 atom stereocenters. The van der Waals surface area contributed by atoms with Crippen molar-refractivity contribution in [1.29, 1.82) is 0 Å². The molecule has 0 unspecified atom stereocenters. The number of nitrogens with zero attached hydrogens (tertiary/aromatic N) is 1. The van der Waals surface area contributed by atoms with Gasteiger partial charge in [-0.25, -0.2) is 4.57 Å². The highest BCUT2D eigenvalue weighted by Gasteiger charge is 2.34. The van der Waals surface area contributed by atoms with Gasteiger partial charge in [0, 0.05) is 17.0 Å². The third-order valence-electron chi connectivity index (χ3n) is 8.49. The highest BCUT2D eigenvalue weighted by atomic mass is 16.5. The van der Waals surface area contributed by atoms with E-state index in [1.807, 2.05) is 0 Å². The van der Waals surface area contributed by atoms with Crippen LogP contribution in [0, 0.1) is 23.7 Å². The van der Waals surface area contributed by atoms with Crippen molar-refractivity contribution in [3.05, 3.63) is 77.0 Å². The Morgan fingerprint density at radius 3 is 2.12 bits per heavy atom. The van der Waals surface area contributed by atoms with Crippen LogP contribution in [0.15, 0.2) is 54.7 Å². The molecule has 0 bridgehead atoms. The van der Waals surface area contributed by atoms with Crippen molar-refractivity contribution in [2.45, 2.75) is 81.6 Å². The Hall–Kier alpha value is -3.39. The molecule has 0 saturated carbocycles. The molecule has 1 aliphatic heterocycles. The van der Waals surface area contributed by atoms with Crippen molar-refractivity contribution in [1.82, 2.24) is 0 Å². The van der Waals surface area contributed by atoms with Gasteiger partial charge in [-0.1, -0.05) is 91.8 Å². The summed E-state index contributed by atoms with van der Waals surface area (Å²) in [6.07, 6.45) is 5.34. The predicted molar refractivity (Wildman–Crippen MR) is 175 cm³/mol. The molecule has 1 aliphatic rings. The molecule has 41 heavy (non-hydrogen) atoms. The standard InChI is InChI=1S/C39H46NO/c1-23(2)17-25-12-14-28-30(18-25)24(3)34-36-35-29(15-16-40(36)10)31-19-26(21-38(4,5)6)11-13-27(31)20-33(35)41-37(34)32(28)22-39(7,8)9/h11-16,18-20,23H,17,21-22H2,1-10H3/q+1. The molecule has 0 saturated heterocycles. The third-order valence-corrected chi connectivity index (χ3v) is 8.49. The molecule has 6 rings (SSSR count). The van der Waals surface area contributed by atoms with Gasteiger partial charge in [-0.15, -0.1) is 0 Å². The molecule has 0 N–H and O–H groups in total. The average Bonchev–Trinajstić information content (AvgIpc) is 2.86. The molecule has 2 heteroatoms. The second kappa shape index (κ2) is 9.58. The Kier molecular flexibility index (Phi) is 6.49. The lowest BCUT2D eigenvalue weighted by Gasteiger charge is -2.28. The van der Waals surface area contributed by atoms with Crippen LogP contribution in [0.1, 0.15) is 77.6 Å². The fourth-order valence-electron chi connectivity index (χ4n) is 6.96. The number of pyridine rings is 1. The van der Waals surface area contributed by atoms with Crippen LogP contribution in [0.5, 0.6) is 11.5 Å². The fraction of sp³-hybridized carbons (Fsp3) is 0.410. The molecule has 212 valence electrons. The average molecular weight is 545 g/mol. The molecule has 0 spiro atoms. The van der Waals surface area contributed by atoms with Gasteiger partial charge >= 0.3 is 0 Å². The normalized spacial score (nSPS) is 13.3. The van der Waals surface area contributed by atoms with Crippen molar-refractivity contribution < 1.29 is 9.30 Å². The van der Waals surface area contributed by atoms with Gasteiger partial charge in [0.05, 0.1) is 10.9 Å². The smallest absolute Gasteiger partial charge is 0.228 e. The molecule has 4 aromatic carbocycles. The van der Waals surface area contributed by atoms with Gasteiger partial charge in [0.25, 0.3) is 0 Å². The number of ether oxygens (including phenoxy) is 1. The topological polar surface area (TPSA) is 13.1 Å². The van der Waals surface area contributed by atoms with Crippen molar-refractivity contribution in [3.8, 4) is 22.8 Å². The summed E-state index contributed by atoms with van der Waals surface area (Å²) in [6, 6.07) is 18.7. The monoisotopic (exact) mass is 544 g/mol. The maximum absolute atomic E-state index is 7.07. The van der Waals surface area contributed by atoms with Crippen LogP contribution in [0.25, 0.3) is 43.6 Å². The second-order valence-corrected chi connectivity index (χ2v) is 15.4. The summed E-state index contributed by atoms with van der Waals surface area (Å²) < 4.78 is 9.39. The van der Waals surface area contributed by atoms with Crippen LogP contribution in [0.2, 0.25) is 0 Å². The number of aryl methyl sites for hydroxylation is 2. The molecule has 0 radical (unpaired) electrons. The Morgan fingerprint density at radius 2 is 1.44 bits per heavy atom. The van der Waals surface area contributed by atoms with Gasteiger partial charge in [0.15, 0.2) is 6.20 Å². The summed E-state index contributed by atoms with van der Waals surface area (Å²) in [5, 5.41) is 7.74. The van der Waals surface area contributed by atoms with Crippen LogP contribution >= 0.6 is 0 Å². The van der Waals surface area contributed by atoms with E-state index in [-0.39, 0.29) is 10.8 Å². The first-order chi connectivity index (χ1) is 19.2. The van der Waals surface area contributed by atoms with E-state index in [1.54, 1.807) is 0 Å². The van der Waals surface area contributed by atoms with E-state index in [2.05, 4.69) is 129 Å². The van der Waals surface area contributed by atoms with Crippen LogP contribution in [0.3, 0.4) is 0 Å². The fourth-order valence-corrected chi connectivity index (χ4v) is 6.96. The number of fused-ring (bicyclic) bond motifs is 5. The molecule has 0 fully saturated rings. The van der Waals surface area contributed by atoms with Crippen molar-refractivity contribution in [2.75, 3.05) is 0 Å². The quantitative estimate of drug-likeness (QED) is 0.159.